The van der Waals surface area contributed by atoms with Gasteiger partial charge in [-0.25, -0.2) is 0 Å². The fourth-order valence-corrected chi connectivity index (χ4v) is 2.16. The molecule has 0 aliphatic heterocycles. The third-order valence-corrected chi connectivity index (χ3v) is 3.28. The minimum absolute atomic E-state index is 0.803. The fraction of sp³-hybridized carbons (Fsp3) is 0.308. The molecule has 0 aliphatic carbocycles. The monoisotopic (exact) mass is 293 g/mol. The lowest BCUT2D eigenvalue weighted by atomic mass is 10.2. The normalized spacial score (nSPS) is 10.6. The molecule has 2 rings (SSSR count). The quantitative estimate of drug-likeness (QED) is 0.940. The Balaban J connectivity index is 2.12. The van der Waals surface area contributed by atoms with Crippen LogP contribution in [0.25, 0.3) is 0 Å². The minimum Gasteiger partial charge on any atom is -0.381 e. The number of benzene rings is 1. The summed E-state index contributed by atoms with van der Waals surface area (Å²) in [6.45, 7) is 4.94. The number of nitrogens with zero attached hydrogens (tertiary/aromatic N) is 2. The van der Waals surface area contributed by atoms with Crippen molar-refractivity contribution in [1.29, 1.82) is 0 Å². The number of hydrogen-bond donors (Lipinski definition) is 1. The largest absolute Gasteiger partial charge is 0.381 e. The molecule has 0 atom stereocenters. The van der Waals surface area contributed by atoms with E-state index in [1.54, 1.807) is 0 Å². The number of anilines is 1. The Kier molecular flexibility index (Phi) is 3.52. The molecule has 0 unspecified atom stereocenters. The van der Waals surface area contributed by atoms with Gasteiger partial charge < -0.3 is 5.32 Å². The summed E-state index contributed by atoms with van der Waals surface area (Å²) in [5, 5.41) is 7.77. The van der Waals surface area contributed by atoms with Crippen LogP contribution in [-0.4, -0.2) is 9.78 Å². The van der Waals surface area contributed by atoms with Crippen LogP contribution in [0.4, 0.5) is 5.69 Å². The van der Waals surface area contributed by atoms with Crippen molar-refractivity contribution in [2.75, 3.05) is 5.32 Å². The molecule has 90 valence electrons. The zero-order valence-corrected chi connectivity index (χ0v) is 11.9. The van der Waals surface area contributed by atoms with Gasteiger partial charge in [0.25, 0.3) is 0 Å². The molecule has 0 saturated carbocycles. The molecule has 2 aromatic rings. The number of aromatic nitrogens is 2. The smallest absolute Gasteiger partial charge is 0.0643 e. The molecule has 1 aromatic heterocycles. The van der Waals surface area contributed by atoms with Crippen LogP contribution in [-0.2, 0) is 13.6 Å². The van der Waals surface area contributed by atoms with Crippen molar-refractivity contribution < 1.29 is 0 Å². The van der Waals surface area contributed by atoms with Gasteiger partial charge in [-0.1, -0.05) is 22.0 Å². The SMILES string of the molecule is Cc1ccc(Br)cc1NCc1cn(C)nc1C. The summed E-state index contributed by atoms with van der Waals surface area (Å²) < 4.78 is 2.94. The topological polar surface area (TPSA) is 29.9 Å². The molecular weight excluding hydrogens is 278 g/mol. The molecule has 3 nitrogen and oxygen atoms in total. The van der Waals surface area contributed by atoms with Crippen molar-refractivity contribution >= 4 is 21.6 Å². The molecule has 1 heterocycles. The van der Waals surface area contributed by atoms with E-state index >= 15 is 0 Å². The fourth-order valence-electron chi connectivity index (χ4n) is 1.80. The maximum Gasteiger partial charge on any atom is 0.0643 e. The summed E-state index contributed by atoms with van der Waals surface area (Å²) in [5.74, 6) is 0. The molecule has 0 saturated heterocycles. The van der Waals surface area contributed by atoms with E-state index in [-0.39, 0.29) is 0 Å². The van der Waals surface area contributed by atoms with Crippen molar-refractivity contribution in [2.24, 2.45) is 7.05 Å². The summed E-state index contributed by atoms with van der Waals surface area (Å²) in [6.07, 6.45) is 2.05. The molecule has 0 radical (unpaired) electrons. The Morgan fingerprint density at radius 2 is 2.12 bits per heavy atom. The predicted octanol–water partition coefficient (Wildman–Crippen LogP) is 3.41. The zero-order valence-electron chi connectivity index (χ0n) is 10.3. The van der Waals surface area contributed by atoms with Gasteiger partial charge in [-0.3, -0.25) is 4.68 Å². The van der Waals surface area contributed by atoms with Crippen molar-refractivity contribution in [2.45, 2.75) is 20.4 Å². The molecule has 17 heavy (non-hydrogen) atoms. The van der Waals surface area contributed by atoms with E-state index in [0.717, 1.165) is 22.4 Å². The summed E-state index contributed by atoms with van der Waals surface area (Å²) in [4.78, 5) is 0. The van der Waals surface area contributed by atoms with E-state index < -0.39 is 0 Å². The summed E-state index contributed by atoms with van der Waals surface area (Å²) in [6, 6.07) is 6.25. The standard InChI is InChI=1S/C13H16BrN3/c1-9-4-5-12(14)6-13(9)15-7-11-8-17(3)16-10(11)2/h4-6,8,15H,7H2,1-3H3. The average Bonchev–Trinajstić information content (AvgIpc) is 2.59. The Bertz CT molecular complexity index is 531. The van der Waals surface area contributed by atoms with Crippen LogP contribution in [0.3, 0.4) is 0 Å². The highest BCUT2D eigenvalue weighted by molar-refractivity contribution is 9.10. The van der Waals surface area contributed by atoms with Crippen LogP contribution in [0.1, 0.15) is 16.8 Å². The molecule has 1 aromatic carbocycles. The third-order valence-electron chi connectivity index (χ3n) is 2.78. The zero-order chi connectivity index (χ0) is 12.4. The number of halogens is 1. The summed E-state index contributed by atoms with van der Waals surface area (Å²) in [5.41, 5.74) is 4.71. The maximum absolute atomic E-state index is 4.33. The first-order chi connectivity index (χ1) is 8.06. The van der Waals surface area contributed by atoms with E-state index in [0.29, 0.717) is 0 Å². The first-order valence-corrected chi connectivity index (χ1v) is 6.34. The van der Waals surface area contributed by atoms with Crippen LogP contribution in [0.2, 0.25) is 0 Å². The molecule has 1 N–H and O–H groups in total. The van der Waals surface area contributed by atoms with Gasteiger partial charge in [-0.05, 0) is 31.5 Å². The minimum atomic E-state index is 0.803. The van der Waals surface area contributed by atoms with Crippen molar-refractivity contribution in [3.05, 3.63) is 45.7 Å². The van der Waals surface area contributed by atoms with E-state index in [9.17, 15) is 0 Å². The summed E-state index contributed by atoms with van der Waals surface area (Å²) in [7, 11) is 1.95. The van der Waals surface area contributed by atoms with Gasteiger partial charge in [-0.15, -0.1) is 0 Å². The molecule has 4 heteroatoms. The van der Waals surface area contributed by atoms with Crippen LogP contribution < -0.4 is 5.32 Å². The highest BCUT2D eigenvalue weighted by Crippen LogP contribution is 2.21. The molecule has 0 aliphatic rings. The lowest BCUT2D eigenvalue weighted by Gasteiger charge is -2.09. The van der Waals surface area contributed by atoms with Gasteiger partial charge in [0.05, 0.1) is 5.69 Å². The first kappa shape index (κ1) is 12.2. The van der Waals surface area contributed by atoms with Gasteiger partial charge in [0.2, 0.25) is 0 Å². The highest BCUT2D eigenvalue weighted by Gasteiger charge is 2.04. The van der Waals surface area contributed by atoms with Gasteiger partial charge in [0.15, 0.2) is 0 Å². The second-order valence-corrected chi connectivity index (χ2v) is 5.14. The number of nitrogens with one attached hydrogen (secondary N) is 1. The second-order valence-electron chi connectivity index (χ2n) is 4.23. The Hall–Kier alpha value is -1.29. The Labute approximate surface area is 110 Å². The van der Waals surface area contributed by atoms with Crippen molar-refractivity contribution in [3.8, 4) is 0 Å². The molecule has 0 fully saturated rings. The Morgan fingerprint density at radius 1 is 1.35 bits per heavy atom. The van der Waals surface area contributed by atoms with Gasteiger partial charge >= 0.3 is 0 Å². The third kappa shape index (κ3) is 2.88. The first-order valence-electron chi connectivity index (χ1n) is 5.55. The number of rotatable bonds is 3. The van der Waals surface area contributed by atoms with Crippen LogP contribution >= 0.6 is 15.9 Å². The van der Waals surface area contributed by atoms with Gasteiger partial charge in [0.1, 0.15) is 0 Å². The maximum atomic E-state index is 4.33. The number of hydrogen-bond acceptors (Lipinski definition) is 2. The predicted molar refractivity (Wildman–Crippen MR) is 74.2 cm³/mol. The molecule has 0 bridgehead atoms. The van der Waals surface area contributed by atoms with E-state index in [2.05, 4.69) is 57.7 Å². The average molecular weight is 294 g/mol. The van der Waals surface area contributed by atoms with Gasteiger partial charge in [-0.2, -0.15) is 5.10 Å². The summed E-state index contributed by atoms with van der Waals surface area (Å²) >= 11 is 3.48. The van der Waals surface area contributed by atoms with Crippen LogP contribution in [0, 0.1) is 13.8 Å². The van der Waals surface area contributed by atoms with Crippen LogP contribution in [0.15, 0.2) is 28.9 Å². The molecule has 0 amide bonds. The molecular formula is C13H16BrN3. The van der Waals surface area contributed by atoms with E-state index in [4.69, 9.17) is 0 Å². The van der Waals surface area contributed by atoms with E-state index in [1.165, 1.54) is 11.1 Å². The van der Waals surface area contributed by atoms with Crippen molar-refractivity contribution in [3.63, 3.8) is 0 Å². The van der Waals surface area contributed by atoms with Crippen molar-refractivity contribution in [1.82, 2.24) is 9.78 Å². The van der Waals surface area contributed by atoms with Crippen LogP contribution in [0.5, 0.6) is 0 Å². The number of aryl methyl sites for hydroxylation is 3. The van der Waals surface area contributed by atoms with E-state index in [1.807, 2.05) is 18.7 Å². The second kappa shape index (κ2) is 4.92. The van der Waals surface area contributed by atoms with Gasteiger partial charge in [0, 0.05) is 35.5 Å². The Morgan fingerprint density at radius 3 is 2.76 bits per heavy atom. The lowest BCUT2D eigenvalue weighted by molar-refractivity contribution is 0.756. The lowest BCUT2D eigenvalue weighted by Crippen LogP contribution is -2.01. The highest BCUT2D eigenvalue weighted by atomic mass is 79.9. The molecule has 0 spiro atoms.